The summed E-state index contributed by atoms with van der Waals surface area (Å²) < 4.78 is 28.8. The zero-order valence-corrected chi connectivity index (χ0v) is 23.9. The van der Waals surface area contributed by atoms with Crippen molar-refractivity contribution in [2.24, 2.45) is 0 Å². The van der Waals surface area contributed by atoms with Crippen LogP contribution in [0.1, 0.15) is 37.5 Å². The number of hydrogen-bond acceptors (Lipinski definition) is 4. The molecule has 2 amide bonds. The van der Waals surface area contributed by atoms with Crippen LogP contribution in [-0.2, 0) is 26.2 Å². The molecule has 202 valence electrons. The second-order valence-corrected chi connectivity index (χ2v) is 11.9. The molecule has 3 rings (SSSR count). The fourth-order valence-corrected chi connectivity index (χ4v) is 5.44. The normalized spacial score (nSPS) is 12.2. The van der Waals surface area contributed by atoms with Gasteiger partial charge in [-0.05, 0) is 87.7 Å². The molecule has 0 saturated heterocycles. The van der Waals surface area contributed by atoms with E-state index in [1.54, 1.807) is 19.1 Å². The van der Waals surface area contributed by atoms with Crippen LogP contribution in [0, 0.1) is 13.8 Å². The number of hydrogen-bond donors (Lipinski definition) is 1. The summed E-state index contributed by atoms with van der Waals surface area (Å²) in [5.74, 6) is -0.821. The number of amides is 2. The highest BCUT2D eigenvalue weighted by Crippen LogP contribution is 2.27. The van der Waals surface area contributed by atoms with Crippen molar-refractivity contribution < 1.29 is 18.0 Å². The number of nitrogens with zero attached hydrogens (tertiary/aromatic N) is 2. The Labute approximate surface area is 230 Å². The summed E-state index contributed by atoms with van der Waals surface area (Å²) in [5.41, 5.74) is 3.06. The van der Waals surface area contributed by atoms with Crippen molar-refractivity contribution in [1.82, 2.24) is 10.2 Å². The van der Waals surface area contributed by atoms with E-state index in [9.17, 15) is 18.0 Å². The van der Waals surface area contributed by atoms with Crippen LogP contribution in [0.2, 0.25) is 5.02 Å². The van der Waals surface area contributed by atoms with Gasteiger partial charge in [-0.15, -0.1) is 0 Å². The van der Waals surface area contributed by atoms with E-state index in [4.69, 9.17) is 11.6 Å². The van der Waals surface area contributed by atoms with E-state index < -0.39 is 28.5 Å². The van der Waals surface area contributed by atoms with Crippen LogP contribution < -0.4 is 9.62 Å². The van der Waals surface area contributed by atoms with Crippen molar-refractivity contribution in [3.63, 3.8) is 0 Å². The molecule has 0 bridgehead atoms. The second kappa shape index (κ2) is 12.5. The fraction of sp³-hybridized carbons (Fsp3) is 0.310. The molecule has 1 atom stereocenters. The molecule has 0 fully saturated rings. The molecule has 0 aliphatic rings. The quantitative estimate of drug-likeness (QED) is 0.377. The van der Waals surface area contributed by atoms with Gasteiger partial charge in [0, 0.05) is 17.6 Å². The SMILES string of the molecule is Cc1ccc(N(CC(=O)N(Cc2ccccc2)C(C)C(=O)NC(C)C)S(=O)(=O)c2ccc(Cl)cc2)cc1C. The minimum absolute atomic E-state index is 0.00753. The molecule has 0 saturated carbocycles. The third kappa shape index (κ3) is 7.14. The molecule has 0 aliphatic heterocycles. The molecular formula is C29H34ClN3O4S. The predicted molar refractivity (Wildman–Crippen MR) is 152 cm³/mol. The van der Waals surface area contributed by atoms with Crippen LogP contribution in [0.3, 0.4) is 0 Å². The van der Waals surface area contributed by atoms with Crippen LogP contribution >= 0.6 is 11.6 Å². The summed E-state index contributed by atoms with van der Waals surface area (Å²) >= 11 is 5.99. The van der Waals surface area contributed by atoms with Gasteiger partial charge in [-0.2, -0.15) is 0 Å². The predicted octanol–water partition coefficient (Wildman–Crippen LogP) is 5.09. The molecule has 0 aromatic heterocycles. The smallest absolute Gasteiger partial charge is 0.264 e. The molecule has 3 aromatic rings. The van der Waals surface area contributed by atoms with Gasteiger partial charge in [0.25, 0.3) is 10.0 Å². The number of aryl methyl sites for hydroxylation is 2. The first-order chi connectivity index (χ1) is 17.9. The molecule has 0 heterocycles. The third-order valence-electron chi connectivity index (χ3n) is 6.25. The molecule has 0 spiro atoms. The van der Waals surface area contributed by atoms with Gasteiger partial charge < -0.3 is 10.2 Å². The van der Waals surface area contributed by atoms with E-state index in [0.717, 1.165) is 21.0 Å². The fourth-order valence-electron chi connectivity index (χ4n) is 3.91. The minimum atomic E-state index is -4.14. The molecule has 0 radical (unpaired) electrons. The van der Waals surface area contributed by atoms with Crippen molar-refractivity contribution in [3.05, 3.63) is 94.5 Å². The number of carbonyl (C=O) groups is 2. The van der Waals surface area contributed by atoms with E-state index in [0.29, 0.717) is 10.7 Å². The van der Waals surface area contributed by atoms with Crippen molar-refractivity contribution in [2.75, 3.05) is 10.8 Å². The van der Waals surface area contributed by atoms with Crippen molar-refractivity contribution in [3.8, 4) is 0 Å². The zero-order valence-electron chi connectivity index (χ0n) is 22.3. The first kappa shape index (κ1) is 29.2. The molecule has 1 N–H and O–H groups in total. The summed E-state index contributed by atoms with van der Waals surface area (Å²) in [4.78, 5) is 28.2. The standard InChI is InChI=1S/C29H34ClN3O4S/c1-20(2)31-29(35)23(5)32(18-24-9-7-6-8-10-24)28(34)19-33(26-14-11-21(3)22(4)17-26)38(36,37)27-15-12-25(30)13-16-27/h6-17,20,23H,18-19H2,1-5H3,(H,31,35). The largest absolute Gasteiger partial charge is 0.352 e. The van der Waals surface area contributed by atoms with Crippen molar-refractivity contribution in [2.45, 2.75) is 58.1 Å². The molecule has 38 heavy (non-hydrogen) atoms. The summed E-state index contributed by atoms with van der Waals surface area (Å²) in [7, 11) is -4.14. The maximum Gasteiger partial charge on any atom is 0.264 e. The Kier molecular flexibility index (Phi) is 9.57. The average molecular weight is 556 g/mol. The van der Waals surface area contributed by atoms with E-state index in [1.165, 1.54) is 29.2 Å². The maximum absolute atomic E-state index is 13.9. The highest BCUT2D eigenvalue weighted by Gasteiger charge is 2.32. The van der Waals surface area contributed by atoms with Gasteiger partial charge >= 0.3 is 0 Å². The molecular weight excluding hydrogens is 522 g/mol. The van der Waals surface area contributed by atoms with E-state index in [-0.39, 0.29) is 23.4 Å². The monoisotopic (exact) mass is 555 g/mol. The lowest BCUT2D eigenvalue weighted by molar-refractivity contribution is -0.139. The van der Waals surface area contributed by atoms with Crippen LogP contribution in [0.25, 0.3) is 0 Å². The van der Waals surface area contributed by atoms with E-state index in [2.05, 4.69) is 5.32 Å². The van der Waals surface area contributed by atoms with Gasteiger partial charge in [0.1, 0.15) is 12.6 Å². The molecule has 9 heteroatoms. The Morgan fingerprint density at radius 3 is 2.11 bits per heavy atom. The number of sulfonamides is 1. The Balaban J connectivity index is 2.04. The number of nitrogens with one attached hydrogen (secondary N) is 1. The average Bonchev–Trinajstić information content (AvgIpc) is 2.87. The molecule has 1 unspecified atom stereocenters. The Hall–Kier alpha value is -3.36. The van der Waals surface area contributed by atoms with Gasteiger partial charge in [-0.25, -0.2) is 8.42 Å². The Morgan fingerprint density at radius 1 is 0.895 bits per heavy atom. The first-order valence-corrected chi connectivity index (χ1v) is 14.2. The second-order valence-electron chi connectivity index (χ2n) is 9.58. The van der Waals surface area contributed by atoms with E-state index >= 15 is 0 Å². The first-order valence-electron chi connectivity index (χ1n) is 12.4. The summed E-state index contributed by atoms with van der Waals surface area (Å²) in [6.07, 6.45) is 0. The summed E-state index contributed by atoms with van der Waals surface area (Å²) in [6, 6.07) is 19.4. The van der Waals surface area contributed by atoms with E-state index in [1.807, 2.05) is 64.1 Å². The highest BCUT2D eigenvalue weighted by molar-refractivity contribution is 7.92. The topological polar surface area (TPSA) is 86.8 Å². The van der Waals surface area contributed by atoms with Gasteiger partial charge in [0.2, 0.25) is 11.8 Å². The lowest BCUT2D eigenvalue weighted by atomic mass is 10.1. The lowest BCUT2D eigenvalue weighted by Crippen LogP contribution is -2.52. The van der Waals surface area contributed by atoms with Gasteiger partial charge in [-0.1, -0.05) is 48.0 Å². The minimum Gasteiger partial charge on any atom is -0.352 e. The highest BCUT2D eigenvalue weighted by atomic mass is 35.5. The van der Waals surface area contributed by atoms with Crippen LogP contribution in [0.5, 0.6) is 0 Å². The molecule has 7 nitrogen and oxygen atoms in total. The van der Waals surface area contributed by atoms with Gasteiger partial charge in [0.15, 0.2) is 0 Å². The van der Waals surface area contributed by atoms with Crippen LogP contribution in [0.15, 0.2) is 77.7 Å². The number of anilines is 1. The third-order valence-corrected chi connectivity index (χ3v) is 8.29. The number of carbonyl (C=O) groups excluding carboxylic acids is 2. The Bertz CT molecular complexity index is 1380. The van der Waals surface area contributed by atoms with Crippen LogP contribution in [0.4, 0.5) is 5.69 Å². The summed E-state index contributed by atoms with van der Waals surface area (Å²) in [5, 5.41) is 3.25. The maximum atomic E-state index is 13.9. The van der Waals surface area contributed by atoms with Crippen LogP contribution in [-0.4, -0.2) is 43.8 Å². The van der Waals surface area contributed by atoms with Gasteiger partial charge in [0.05, 0.1) is 10.6 Å². The number of benzene rings is 3. The van der Waals surface area contributed by atoms with Crippen molar-refractivity contribution >= 4 is 39.1 Å². The molecule has 0 aliphatic carbocycles. The number of rotatable bonds is 10. The summed E-state index contributed by atoms with van der Waals surface area (Å²) in [6.45, 7) is 8.80. The Morgan fingerprint density at radius 2 is 1.53 bits per heavy atom. The molecule has 3 aromatic carbocycles. The zero-order chi connectivity index (χ0) is 28.0. The van der Waals surface area contributed by atoms with Crippen molar-refractivity contribution in [1.29, 1.82) is 0 Å². The van der Waals surface area contributed by atoms with Gasteiger partial charge in [-0.3, -0.25) is 13.9 Å². The lowest BCUT2D eigenvalue weighted by Gasteiger charge is -2.32. The number of halogens is 1.